The predicted molar refractivity (Wildman–Crippen MR) is 79.6 cm³/mol. The lowest BCUT2D eigenvalue weighted by Gasteiger charge is -2.32. The van der Waals surface area contributed by atoms with E-state index >= 15 is 0 Å². The third-order valence-electron chi connectivity index (χ3n) is 4.41. The molecule has 1 aromatic heterocycles. The topological polar surface area (TPSA) is 31.4 Å². The van der Waals surface area contributed by atoms with Crippen molar-refractivity contribution >= 4 is 28.6 Å². The SMILES string of the molecule is CC1(C)OB(c2ccc(C3CC3)c(Br)n2)OC1(C)C. The van der Waals surface area contributed by atoms with Gasteiger partial charge in [0.25, 0.3) is 0 Å². The zero-order valence-corrected chi connectivity index (χ0v) is 13.5. The highest BCUT2D eigenvalue weighted by molar-refractivity contribution is 9.10. The summed E-state index contributed by atoms with van der Waals surface area (Å²) in [5.74, 6) is 0.689. The number of halogens is 1. The monoisotopic (exact) mass is 323 g/mol. The van der Waals surface area contributed by atoms with E-state index in [9.17, 15) is 0 Å². The van der Waals surface area contributed by atoms with Crippen molar-refractivity contribution in [2.24, 2.45) is 0 Å². The lowest BCUT2D eigenvalue weighted by atomic mass is 9.84. The molecular formula is C14H19BBrNO2. The fourth-order valence-corrected chi connectivity index (χ4v) is 2.91. The van der Waals surface area contributed by atoms with Gasteiger partial charge in [-0.2, -0.15) is 0 Å². The number of hydrogen-bond acceptors (Lipinski definition) is 3. The van der Waals surface area contributed by atoms with Crippen LogP contribution in [0.1, 0.15) is 52.0 Å². The van der Waals surface area contributed by atoms with Crippen LogP contribution in [0.15, 0.2) is 16.7 Å². The first-order valence-electron chi connectivity index (χ1n) is 6.82. The number of aromatic nitrogens is 1. The molecule has 0 amide bonds. The second-order valence-electron chi connectivity index (χ2n) is 6.48. The zero-order chi connectivity index (χ0) is 13.8. The molecule has 102 valence electrons. The second-order valence-corrected chi connectivity index (χ2v) is 7.23. The Hall–Kier alpha value is -0.385. The van der Waals surface area contributed by atoms with Crippen LogP contribution in [0.3, 0.4) is 0 Å². The van der Waals surface area contributed by atoms with Crippen molar-refractivity contribution in [1.29, 1.82) is 0 Å². The summed E-state index contributed by atoms with van der Waals surface area (Å²) in [6.07, 6.45) is 2.55. The summed E-state index contributed by atoms with van der Waals surface area (Å²) in [5.41, 5.74) is 1.51. The zero-order valence-electron chi connectivity index (χ0n) is 11.9. The van der Waals surface area contributed by atoms with Crippen molar-refractivity contribution in [2.45, 2.75) is 57.7 Å². The van der Waals surface area contributed by atoms with Gasteiger partial charge >= 0.3 is 7.12 Å². The lowest BCUT2D eigenvalue weighted by molar-refractivity contribution is 0.00578. The van der Waals surface area contributed by atoms with Crippen molar-refractivity contribution in [2.75, 3.05) is 0 Å². The molecule has 3 nitrogen and oxygen atoms in total. The minimum atomic E-state index is -0.380. The molecule has 1 saturated heterocycles. The largest absolute Gasteiger partial charge is 0.514 e. The van der Waals surface area contributed by atoms with Crippen LogP contribution < -0.4 is 5.59 Å². The first-order chi connectivity index (χ1) is 8.80. The lowest BCUT2D eigenvalue weighted by Crippen LogP contribution is -2.41. The van der Waals surface area contributed by atoms with Crippen molar-refractivity contribution in [3.8, 4) is 0 Å². The number of hydrogen-bond donors (Lipinski definition) is 0. The van der Waals surface area contributed by atoms with Crippen molar-refractivity contribution in [3.63, 3.8) is 0 Å². The molecular weight excluding hydrogens is 305 g/mol. The van der Waals surface area contributed by atoms with Crippen molar-refractivity contribution < 1.29 is 9.31 Å². The fraction of sp³-hybridized carbons (Fsp3) is 0.643. The molecule has 0 aromatic carbocycles. The molecule has 1 aliphatic heterocycles. The summed E-state index contributed by atoms with van der Waals surface area (Å²) in [5, 5.41) is 0. The first-order valence-corrected chi connectivity index (χ1v) is 7.61. The minimum absolute atomic E-state index is 0.318. The molecule has 5 heteroatoms. The molecule has 2 aliphatic rings. The van der Waals surface area contributed by atoms with E-state index < -0.39 is 0 Å². The maximum absolute atomic E-state index is 6.02. The van der Waals surface area contributed by atoms with Crippen LogP contribution >= 0.6 is 15.9 Å². The van der Waals surface area contributed by atoms with E-state index in [1.165, 1.54) is 18.4 Å². The maximum Gasteiger partial charge on any atom is 0.514 e. The standard InChI is InChI=1S/C14H19BBrNO2/c1-13(2)14(3,4)19-15(18-13)11-8-7-10(9-5-6-9)12(16)17-11/h7-9H,5-6H2,1-4H3. The van der Waals surface area contributed by atoms with Crippen molar-refractivity contribution in [1.82, 2.24) is 4.98 Å². The maximum atomic E-state index is 6.02. The van der Waals surface area contributed by atoms with Crippen LogP contribution in [0.25, 0.3) is 0 Å². The van der Waals surface area contributed by atoms with Gasteiger partial charge in [0.2, 0.25) is 0 Å². The van der Waals surface area contributed by atoms with Crippen LogP contribution in [0.5, 0.6) is 0 Å². The van der Waals surface area contributed by atoms with Crippen LogP contribution in [-0.2, 0) is 9.31 Å². The molecule has 3 rings (SSSR count). The Morgan fingerprint density at radius 1 is 1.16 bits per heavy atom. The summed E-state index contributed by atoms with van der Waals surface area (Å²) in [6.45, 7) is 8.22. The highest BCUT2D eigenvalue weighted by Gasteiger charge is 2.52. The third kappa shape index (κ3) is 2.37. The number of pyridine rings is 1. The molecule has 2 fully saturated rings. The van der Waals surface area contributed by atoms with Crippen LogP contribution in [-0.4, -0.2) is 23.3 Å². The molecule has 1 saturated carbocycles. The Kier molecular flexibility index (Phi) is 3.08. The van der Waals surface area contributed by atoms with Gasteiger partial charge in [0, 0.05) is 0 Å². The Labute approximate surface area is 123 Å². The molecule has 0 N–H and O–H groups in total. The Balaban J connectivity index is 1.86. The van der Waals surface area contributed by atoms with Gasteiger partial charge in [-0.25, -0.2) is 4.98 Å². The van der Waals surface area contributed by atoms with Gasteiger partial charge in [-0.3, -0.25) is 0 Å². The number of rotatable bonds is 2. The first kappa shape index (κ1) is 13.6. The molecule has 1 aromatic rings. The normalized spacial score (nSPS) is 24.8. The summed E-state index contributed by atoms with van der Waals surface area (Å²) in [6, 6.07) is 4.18. The molecule has 0 spiro atoms. The quantitative estimate of drug-likeness (QED) is 0.619. The van der Waals surface area contributed by atoms with Gasteiger partial charge in [-0.05, 0) is 74.0 Å². The van der Waals surface area contributed by atoms with E-state index in [0.717, 1.165) is 10.2 Å². The molecule has 0 bridgehead atoms. The van der Waals surface area contributed by atoms with Gasteiger partial charge < -0.3 is 9.31 Å². The van der Waals surface area contributed by atoms with E-state index in [0.29, 0.717) is 5.92 Å². The van der Waals surface area contributed by atoms with E-state index in [4.69, 9.17) is 9.31 Å². The molecule has 19 heavy (non-hydrogen) atoms. The van der Waals surface area contributed by atoms with E-state index in [-0.39, 0.29) is 18.3 Å². The predicted octanol–water partition coefficient (Wildman–Crippen LogP) is 3.02. The highest BCUT2D eigenvalue weighted by atomic mass is 79.9. The summed E-state index contributed by atoms with van der Waals surface area (Å²) in [4.78, 5) is 4.61. The van der Waals surface area contributed by atoms with Gasteiger partial charge in [0.15, 0.2) is 0 Å². The van der Waals surface area contributed by atoms with Crippen LogP contribution in [0.4, 0.5) is 0 Å². The highest BCUT2D eigenvalue weighted by Crippen LogP contribution is 2.42. The summed E-state index contributed by atoms with van der Waals surface area (Å²) < 4.78 is 13.0. The number of nitrogens with zero attached hydrogens (tertiary/aromatic N) is 1. The minimum Gasteiger partial charge on any atom is -0.398 e. The van der Waals surface area contributed by atoms with Crippen LogP contribution in [0.2, 0.25) is 0 Å². The third-order valence-corrected chi connectivity index (χ3v) is 5.05. The van der Waals surface area contributed by atoms with E-state index in [2.05, 4.69) is 54.7 Å². The Bertz CT molecular complexity index is 498. The molecule has 0 unspecified atom stereocenters. The molecule has 2 heterocycles. The molecule has 0 radical (unpaired) electrons. The average molecular weight is 324 g/mol. The van der Waals surface area contributed by atoms with E-state index in [1.807, 2.05) is 6.07 Å². The van der Waals surface area contributed by atoms with Gasteiger partial charge in [-0.15, -0.1) is 0 Å². The average Bonchev–Trinajstić information content (AvgIpc) is 3.07. The Morgan fingerprint density at radius 3 is 2.21 bits per heavy atom. The second kappa shape index (κ2) is 4.30. The summed E-state index contributed by atoms with van der Waals surface area (Å²) >= 11 is 3.57. The summed E-state index contributed by atoms with van der Waals surface area (Å²) in [7, 11) is -0.380. The van der Waals surface area contributed by atoms with Gasteiger partial charge in [0.1, 0.15) is 4.60 Å². The molecule has 0 atom stereocenters. The smallest absolute Gasteiger partial charge is 0.398 e. The van der Waals surface area contributed by atoms with Gasteiger partial charge in [-0.1, -0.05) is 6.07 Å². The van der Waals surface area contributed by atoms with Crippen LogP contribution in [0, 0.1) is 0 Å². The fourth-order valence-electron chi connectivity index (χ4n) is 2.25. The van der Waals surface area contributed by atoms with Crippen molar-refractivity contribution in [3.05, 3.63) is 22.3 Å². The van der Waals surface area contributed by atoms with E-state index in [1.54, 1.807) is 0 Å². The van der Waals surface area contributed by atoms with Gasteiger partial charge in [0.05, 0.1) is 16.8 Å². The Morgan fingerprint density at radius 2 is 1.74 bits per heavy atom. The molecule has 1 aliphatic carbocycles.